The van der Waals surface area contributed by atoms with E-state index in [0.717, 1.165) is 32.4 Å². The summed E-state index contributed by atoms with van der Waals surface area (Å²) in [5.41, 5.74) is 9.62. The minimum atomic E-state index is 0.403. The van der Waals surface area contributed by atoms with Crippen molar-refractivity contribution in [3.05, 3.63) is 65.6 Å². The molecule has 0 radical (unpaired) electrons. The highest BCUT2D eigenvalue weighted by atomic mass is 15.3. The van der Waals surface area contributed by atoms with E-state index in [-0.39, 0.29) is 0 Å². The van der Waals surface area contributed by atoms with E-state index in [4.69, 9.17) is 5.73 Å². The second-order valence-corrected chi connectivity index (χ2v) is 6.54. The molecular weight excluding hydrogens is 312 g/mol. The molecule has 1 saturated heterocycles. The summed E-state index contributed by atoms with van der Waals surface area (Å²) in [6.45, 7) is 1.84. The molecule has 0 spiro atoms. The van der Waals surface area contributed by atoms with Gasteiger partial charge in [-0.1, -0.05) is 30.3 Å². The Labute approximate surface area is 147 Å². The minimum Gasteiger partial charge on any atom is -0.384 e. The van der Waals surface area contributed by atoms with Crippen molar-refractivity contribution in [2.45, 2.75) is 25.2 Å². The van der Waals surface area contributed by atoms with Crippen molar-refractivity contribution >= 4 is 11.8 Å². The molecule has 3 aromatic rings. The topological polar surface area (TPSA) is 83.7 Å². The molecule has 3 heterocycles. The molecule has 3 N–H and O–H groups in total. The average Bonchev–Trinajstić information content (AvgIpc) is 3.11. The number of nitrogens with two attached hydrogens (primary N) is 1. The molecule has 6 heteroatoms. The quantitative estimate of drug-likeness (QED) is 0.766. The standard InChI is InChI=1S/C19H22N6/c20-17-8-9-21-19(23-17)25-10-4-7-15(13-25)18-16(12-22-24-18)11-14-5-2-1-3-6-14/h1-3,5-6,8-9,12,15H,4,7,10-11,13H2,(H,22,24)(H2,20,21,23)/t15-/m1/s1. The van der Waals surface area contributed by atoms with Crippen molar-refractivity contribution in [3.8, 4) is 0 Å². The number of hydrogen-bond donors (Lipinski definition) is 2. The zero-order valence-corrected chi connectivity index (χ0v) is 14.1. The number of aromatic amines is 1. The van der Waals surface area contributed by atoms with Gasteiger partial charge in [0, 0.05) is 37.3 Å². The highest BCUT2D eigenvalue weighted by Gasteiger charge is 2.26. The first kappa shape index (κ1) is 15.6. The lowest BCUT2D eigenvalue weighted by Crippen LogP contribution is -2.36. The molecule has 0 bridgehead atoms. The summed E-state index contributed by atoms with van der Waals surface area (Å²) < 4.78 is 0. The van der Waals surface area contributed by atoms with Crippen molar-refractivity contribution in [1.82, 2.24) is 20.2 Å². The summed E-state index contributed by atoms with van der Waals surface area (Å²) in [7, 11) is 0. The van der Waals surface area contributed by atoms with E-state index in [2.05, 4.69) is 49.3 Å². The van der Waals surface area contributed by atoms with E-state index in [1.54, 1.807) is 12.3 Å². The van der Waals surface area contributed by atoms with Gasteiger partial charge in [0.25, 0.3) is 0 Å². The van der Waals surface area contributed by atoms with Crippen LogP contribution >= 0.6 is 0 Å². The molecule has 4 rings (SSSR count). The van der Waals surface area contributed by atoms with Crippen molar-refractivity contribution < 1.29 is 0 Å². The number of hydrogen-bond acceptors (Lipinski definition) is 5. The highest BCUT2D eigenvalue weighted by molar-refractivity contribution is 5.39. The average molecular weight is 334 g/mol. The van der Waals surface area contributed by atoms with Crippen molar-refractivity contribution in [3.63, 3.8) is 0 Å². The van der Waals surface area contributed by atoms with Crippen LogP contribution < -0.4 is 10.6 Å². The normalized spacial score (nSPS) is 17.6. The number of nitrogen functional groups attached to an aromatic ring is 1. The Morgan fingerprint density at radius 1 is 1.20 bits per heavy atom. The number of rotatable bonds is 4. The van der Waals surface area contributed by atoms with Crippen LogP contribution in [0, 0.1) is 0 Å². The molecule has 1 atom stereocenters. The molecule has 1 aliphatic rings. The van der Waals surface area contributed by atoms with Gasteiger partial charge in [0.05, 0.1) is 6.20 Å². The maximum atomic E-state index is 5.81. The zero-order valence-electron chi connectivity index (χ0n) is 14.1. The van der Waals surface area contributed by atoms with Crippen LogP contribution in [-0.4, -0.2) is 33.3 Å². The van der Waals surface area contributed by atoms with Crippen LogP contribution in [0.4, 0.5) is 11.8 Å². The first-order valence-corrected chi connectivity index (χ1v) is 8.69. The van der Waals surface area contributed by atoms with Crippen molar-refractivity contribution in [2.75, 3.05) is 23.7 Å². The summed E-state index contributed by atoms with van der Waals surface area (Å²) in [5, 5.41) is 7.55. The number of H-pyrrole nitrogens is 1. The third kappa shape index (κ3) is 3.47. The van der Waals surface area contributed by atoms with Gasteiger partial charge >= 0.3 is 0 Å². The van der Waals surface area contributed by atoms with Gasteiger partial charge in [-0.05, 0) is 30.0 Å². The molecule has 2 aromatic heterocycles. The Balaban J connectivity index is 1.53. The minimum absolute atomic E-state index is 0.403. The first-order valence-electron chi connectivity index (χ1n) is 8.69. The van der Waals surface area contributed by atoms with Crippen LogP contribution in [0.15, 0.2) is 48.8 Å². The summed E-state index contributed by atoms with van der Waals surface area (Å²) in [6, 6.07) is 12.2. The fourth-order valence-electron chi connectivity index (χ4n) is 3.54. The fraction of sp³-hybridized carbons (Fsp3) is 0.316. The molecule has 0 amide bonds. The lowest BCUT2D eigenvalue weighted by Gasteiger charge is -2.32. The summed E-state index contributed by atoms with van der Waals surface area (Å²) in [5.74, 6) is 1.63. The van der Waals surface area contributed by atoms with E-state index in [9.17, 15) is 0 Å². The van der Waals surface area contributed by atoms with Crippen LogP contribution in [0.25, 0.3) is 0 Å². The molecule has 0 unspecified atom stereocenters. The molecule has 0 saturated carbocycles. The van der Waals surface area contributed by atoms with Crippen LogP contribution in [0.3, 0.4) is 0 Å². The first-order chi connectivity index (χ1) is 12.3. The van der Waals surface area contributed by atoms with Gasteiger partial charge in [0.2, 0.25) is 5.95 Å². The molecule has 1 aliphatic heterocycles. The largest absolute Gasteiger partial charge is 0.384 e. The third-order valence-corrected chi connectivity index (χ3v) is 4.77. The molecule has 6 nitrogen and oxygen atoms in total. The summed E-state index contributed by atoms with van der Waals surface area (Å²) >= 11 is 0. The molecule has 128 valence electrons. The van der Waals surface area contributed by atoms with Gasteiger partial charge in [-0.15, -0.1) is 0 Å². The van der Waals surface area contributed by atoms with Crippen LogP contribution in [-0.2, 0) is 6.42 Å². The van der Waals surface area contributed by atoms with Gasteiger partial charge in [0.1, 0.15) is 5.82 Å². The second kappa shape index (κ2) is 6.93. The summed E-state index contributed by atoms with van der Waals surface area (Å²) in [6.07, 6.45) is 6.82. The molecule has 1 fully saturated rings. The fourth-order valence-corrected chi connectivity index (χ4v) is 3.54. The van der Waals surface area contributed by atoms with E-state index in [1.165, 1.54) is 16.8 Å². The highest BCUT2D eigenvalue weighted by Crippen LogP contribution is 2.30. The van der Waals surface area contributed by atoms with Gasteiger partial charge in [-0.3, -0.25) is 5.10 Å². The number of piperidine rings is 1. The SMILES string of the molecule is Nc1ccnc(N2CCC[C@@H](c3[nH]ncc3Cc3ccccc3)C2)n1. The Morgan fingerprint density at radius 2 is 2.08 bits per heavy atom. The van der Waals surface area contributed by atoms with E-state index >= 15 is 0 Å². The van der Waals surface area contributed by atoms with Gasteiger partial charge in [-0.2, -0.15) is 10.1 Å². The number of nitrogens with one attached hydrogen (secondary N) is 1. The number of nitrogens with zero attached hydrogens (tertiary/aromatic N) is 4. The molecular formula is C19H22N6. The second-order valence-electron chi connectivity index (χ2n) is 6.54. The maximum Gasteiger partial charge on any atom is 0.227 e. The molecule has 0 aliphatic carbocycles. The summed E-state index contributed by atoms with van der Waals surface area (Å²) in [4.78, 5) is 11.0. The van der Waals surface area contributed by atoms with Crippen LogP contribution in [0.5, 0.6) is 0 Å². The van der Waals surface area contributed by atoms with Crippen LogP contribution in [0.1, 0.15) is 35.6 Å². The Kier molecular flexibility index (Phi) is 4.33. The van der Waals surface area contributed by atoms with Gasteiger partial charge in [0.15, 0.2) is 0 Å². The zero-order chi connectivity index (χ0) is 17.1. The maximum absolute atomic E-state index is 5.81. The predicted octanol–water partition coefficient (Wildman–Crippen LogP) is 2.76. The van der Waals surface area contributed by atoms with E-state index in [0.29, 0.717) is 17.7 Å². The molecule has 1 aromatic carbocycles. The third-order valence-electron chi connectivity index (χ3n) is 4.77. The van der Waals surface area contributed by atoms with E-state index in [1.807, 2.05) is 12.3 Å². The lowest BCUT2D eigenvalue weighted by atomic mass is 9.91. The number of aromatic nitrogens is 4. The Morgan fingerprint density at radius 3 is 2.92 bits per heavy atom. The Bertz CT molecular complexity index is 829. The van der Waals surface area contributed by atoms with Crippen LogP contribution in [0.2, 0.25) is 0 Å². The lowest BCUT2D eigenvalue weighted by molar-refractivity contribution is 0.493. The number of benzene rings is 1. The predicted molar refractivity (Wildman–Crippen MR) is 98.5 cm³/mol. The molecule has 25 heavy (non-hydrogen) atoms. The van der Waals surface area contributed by atoms with Gasteiger partial charge in [-0.25, -0.2) is 4.98 Å². The van der Waals surface area contributed by atoms with Crippen molar-refractivity contribution in [2.24, 2.45) is 0 Å². The van der Waals surface area contributed by atoms with E-state index < -0.39 is 0 Å². The number of anilines is 2. The monoisotopic (exact) mass is 334 g/mol. The Hall–Kier alpha value is -2.89. The smallest absolute Gasteiger partial charge is 0.227 e. The van der Waals surface area contributed by atoms with Gasteiger partial charge < -0.3 is 10.6 Å². The van der Waals surface area contributed by atoms with Crippen molar-refractivity contribution in [1.29, 1.82) is 0 Å².